The lowest BCUT2D eigenvalue weighted by atomic mass is 10.4. The van der Waals surface area contributed by atoms with Crippen molar-refractivity contribution < 1.29 is 9.21 Å². The van der Waals surface area contributed by atoms with E-state index in [1.807, 2.05) is 10.8 Å². The molecule has 2 rings (SSSR count). The Morgan fingerprint density at radius 2 is 2.15 bits per heavy atom. The van der Waals surface area contributed by atoms with E-state index in [4.69, 9.17) is 14.9 Å². The Bertz CT molecular complexity index is 723. The average Bonchev–Trinajstić information content (AvgIpc) is 2.97. The summed E-state index contributed by atoms with van der Waals surface area (Å²) in [4.78, 5) is 15.3. The highest BCUT2D eigenvalue weighted by Crippen LogP contribution is 2.39. The zero-order chi connectivity index (χ0) is 14.5. The summed E-state index contributed by atoms with van der Waals surface area (Å²) in [5.41, 5.74) is 0.482. The van der Waals surface area contributed by atoms with Gasteiger partial charge >= 0.3 is 0 Å². The second kappa shape index (κ2) is 6.48. The van der Waals surface area contributed by atoms with Crippen LogP contribution in [0.4, 0.5) is 5.13 Å². The molecule has 0 unspecified atom stereocenters. The lowest BCUT2D eigenvalue weighted by Crippen LogP contribution is -2.04. The van der Waals surface area contributed by atoms with Gasteiger partial charge in [0.15, 0.2) is 16.0 Å². The van der Waals surface area contributed by atoms with Crippen LogP contribution in [0.15, 0.2) is 25.9 Å². The molecule has 0 fully saturated rings. The summed E-state index contributed by atoms with van der Waals surface area (Å²) in [5, 5.41) is 24.7. The Kier molecular flexibility index (Phi) is 4.69. The van der Waals surface area contributed by atoms with Crippen molar-refractivity contribution in [3.8, 4) is 22.3 Å². The number of thiazole rings is 1. The first-order chi connectivity index (χ1) is 9.63. The first-order valence-electron chi connectivity index (χ1n) is 5.14. The summed E-state index contributed by atoms with van der Waals surface area (Å²) in [6.07, 6.45) is 0. The molecule has 1 N–H and O–H groups in total. The molecule has 0 aliphatic carbocycles. The first kappa shape index (κ1) is 14.5. The Balaban J connectivity index is 2.37. The van der Waals surface area contributed by atoms with Gasteiger partial charge in [0.25, 0.3) is 0 Å². The van der Waals surface area contributed by atoms with Crippen LogP contribution >= 0.6 is 34.9 Å². The van der Waals surface area contributed by atoms with Crippen molar-refractivity contribution in [1.29, 1.82) is 10.5 Å². The summed E-state index contributed by atoms with van der Waals surface area (Å²) in [6, 6.07) is 3.33. The van der Waals surface area contributed by atoms with Crippen LogP contribution in [-0.4, -0.2) is 10.9 Å². The van der Waals surface area contributed by atoms with Gasteiger partial charge in [0.05, 0.1) is 0 Å². The molecular formula is C11H6N4O2S3. The van der Waals surface area contributed by atoms with Crippen LogP contribution in [0.2, 0.25) is 0 Å². The fourth-order valence-corrected chi connectivity index (χ4v) is 3.27. The van der Waals surface area contributed by atoms with Gasteiger partial charge in [0, 0.05) is 30.4 Å². The van der Waals surface area contributed by atoms with Crippen molar-refractivity contribution in [3.05, 3.63) is 12.1 Å². The maximum atomic E-state index is 11.0. The first-order valence-corrected chi connectivity index (χ1v) is 7.59. The van der Waals surface area contributed by atoms with Crippen molar-refractivity contribution in [2.75, 3.05) is 5.32 Å². The zero-order valence-electron chi connectivity index (χ0n) is 10.0. The van der Waals surface area contributed by atoms with E-state index in [1.165, 1.54) is 18.3 Å². The number of hydrogen-bond acceptors (Lipinski definition) is 8. The van der Waals surface area contributed by atoms with E-state index in [0.29, 0.717) is 25.9 Å². The number of anilines is 1. The highest BCUT2D eigenvalue weighted by Gasteiger charge is 2.18. The molecule has 0 saturated heterocycles. The van der Waals surface area contributed by atoms with Crippen LogP contribution in [0, 0.1) is 21.3 Å². The third-order valence-electron chi connectivity index (χ3n) is 1.98. The number of thiocyanates is 2. The molecule has 1 amide bonds. The molecule has 0 aliphatic rings. The Morgan fingerprint density at radius 1 is 1.40 bits per heavy atom. The lowest BCUT2D eigenvalue weighted by Gasteiger charge is -1.93. The van der Waals surface area contributed by atoms with Gasteiger partial charge in [0.1, 0.15) is 20.7 Å². The molecule has 20 heavy (non-hydrogen) atoms. The third kappa shape index (κ3) is 3.33. The summed E-state index contributed by atoms with van der Waals surface area (Å²) >= 11 is 3.04. The molecule has 0 aromatic carbocycles. The topological polar surface area (TPSA) is 103 Å². The van der Waals surface area contributed by atoms with E-state index in [-0.39, 0.29) is 5.91 Å². The Labute approximate surface area is 126 Å². The van der Waals surface area contributed by atoms with Gasteiger partial charge in [-0.3, -0.25) is 4.79 Å². The van der Waals surface area contributed by atoms with Gasteiger partial charge in [0.2, 0.25) is 5.91 Å². The predicted molar refractivity (Wildman–Crippen MR) is 77.1 cm³/mol. The van der Waals surface area contributed by atoms with Crippen LogP contribution in [0.5, 0.6) is 0 Å². The Morgan fingerprint density at radius 3 is 2.80 bits per heavy atom. The molecule has 2 heterocycles. The quantitative estimate of drug-likeness (QED) is 0.678. The minimum absolute atomic E-state index is 0.237. The van der Waals surface area contributed by atoms with Crippen molar-refractivity contribution in [2.24, 2.45) is 0 Å². The fourth-order valence-electron chi connectivity index (χ4n) is 1.32. The van der Waals surface area contributed by atoms with E-state index in [2.05, 4.69) is 10.3 Å². The molecule has 0 aliphatic heterocycles. The van der Waals surface area contributed by atoms with Crippen molar-refractivity contribution in [1.82, 2.24) is 4.98 Å². The van der Waals surface area contributed by atoms with Crippen LogP contribution in [-0.2, 0) is 4.79 Å². The number of aromatic nitrogens is 1. The monoisotopic (exact) mass is 322 g/mol. The third-order valence-corrected chi connectivity index (χ3v) is 4.23. The minimum atomic E-state index is -0.237. The van der Waals surface area contributed by atoms with Crippen LogP contribution in [0.1, 0.15) is 6.92 Å². The largest absolute Gasteiger partial charge is 0.447 e. The molecule has 0 spiro atoms. The summed E-state index contributed by atoms with van der Waals surface area (Å²) < 4.78 is 6.09. The smallest absolute Gasteiger partial charge is 0.223 e. The van der Waals surface area contributed by atoms with E-state index >= 15 is 0 Å². The molecule has 0 bridgehead atoms. The molecule has 2 aromatic rings. The maximum Gasteiger partial charge on any atom is 0.223 e. The van der Waals surface area contributed by atoms with Gasteiger partial charge in [-0.05, 0) is 12.1 Å². The van der Waals surface area contributed by atoms with E-state index < -0.39 is 0 Å². The minimum Gasteiger partial charge on any atom is -0.447 e. The van der Waals surface area contributed by atoms with Crippen LogP contribution in [0.25, 0.3) is 11.5 Å². The molecule has 0 radical (unpaired) electrons. The standard InChI is InChI=1S/C11H6N4O2S3/c1-6(16)14-11-15-9(10(20-11)19-5-13)7-2-3-8(17-7)18-4-12/h2-3H,1H3,(H,14,15,16). The fraction of sp³-hybridized carbons (Fsp3) is 0.0909. The maximum absolute atomic E-state index is 11.0. The molecule has 0 saturated carbocycles. The molecule has 2 aromatic heterocycles. The van der Waals surface area contributed by atoms with E-state index in [0.717, 1.165) is 23.5 Å². The number of carbonyl (C=O) groups excluding carboxylic acids is 1. The lowest BCUT2D eigenvalue weighted by molar-refractivity contribution is -0.114. The molecule has 6 nitrogen and oxygen atoms in total. The normalized spacial score (nSPS) is 9.75. The Hall–Kier alpha value is -1.94. The van der Waals surface area contributed by atoms with E-state index in [1.54, 1.807) is 12.1 Å². The molecular weight excluding hydrogens is 316 g/mol. The second-order valence-electron chi connectivity index (χ2n) is 3.34. The van der Waals surface area contributed by atoms with Crippen LogP contribution in [0.3, 0.4) is 0 Å². The number of furan rings is 1. The van der Waals surface area contributed by atoms with Gasteiger partial charge in [-0.1, -0.05) is 11.3 Å². The highest BCUT2D eigenvalue weighted by molar-refractivity contribution is 8.05. The van der Waals surface area contributed by atoms with E-state index in [9.17, 15) is 4.79 Å². The number of nitrogens with zero attached hydrogens (tertiary/aromatic N) is 3. The molecule has 9 heteroatoms. The predicted octanol–water partition coefficient (Wildman–Crippen LogP) is 3.51. The SMILES string of the molecule is CC(=O)Nc1nc(-c2ccc(SC#N)o2)c(SC#N)s1. The summed E-state index contributed by atoms with van der Waals surface area (Å²) in [5.74, 6) is 0.215. The summed E-state index contributed by atoms with van der Waals surface area (Å²) in [6.45, 7) is 1.38. The second-order valence-corrected chi connectivity index (χ2v) is 6.18. The number of hydrogen-bond donors (Lipinski definition) is 1. The highest BCUT2D eigenvalue weighted by atomic mass is 32.2. The van der Waals surface area contributed by atoms with Crippen molar-refractivity contribution in [2.45, 2.75) is 16.2 Å². The number of nitriles is 2. The number of thioether (sulfide) groups is 2. The van der Waals surface area contributed by atoms with Crippen molar-refractivity contribution >= 4 is 45.9 Å². The molecule has 0 atom stereocenters. The van der Waals surface area contributed by atoms with Gasteiger partial charge in [-0.25, -0.2) is 4.98 Å². The summed E-state index contributed by atoms with van der Waals surface area (Å²) in [7, 11) is 0. The molecule has 100 valence electrons. The number of rotatable bonds is 4. The zero-order valence-corrected chi connectivity index (χ0v) is 12.5. The number of nitrogens with one attached hydrogen (secondary N) is 1. The number of carbonyl (C=O) groups is 1. The van der Waals surface area contributed by atoms with Gasteiger partial charge < -0.3 is 9.73 Å². The van der Waals surface area contributed by atoms with Gasteiger partial charge in [-0.2, -0.15) is 10.5 Å². The van der Waals surface area contributed by atoms with Gasteiger partial charge in [-0.15, -0.1) is 0 Å². The number of amides is 1. The van der Waals surface area contributed by atoms with Crippen LogP contribution < -0.4 is 5.32 Å². The average molecular weight is 322 g/mol. The van der Waals surface area contributed by atoms with Crippen molar-refractivity contribution in [3.63, 3.8) is 0 Å².